The Hall–Kier alpha value is -3.16. The highest BCUT2D eigenvalue weighted by atomic mass is 16.5. The van der Waals surface area contributed by atoms with E-state index in [1.54, 1.807) is 34.9 Å². The summed E-state index contributed by atoms with van der Waals surface area (Å²) >= 11 is 0. The maximum atomic E-state index is 12.5. The second-order valence-corrected chi connectivity index (χ2v) is 7.10. The van der Waals surface area contributed by atoms with E-state index >= 15 is 0 Å². The molecule has 0 N–H and O–H groups in total. The van der Waals surface area contributed by atoms with Crippen molar-refractivity contribution in [1.82, 2.24) is 24.1 Å². The van der Waals surface area contributed by atoms with Crippen molar-refractivity contribution in [2.75, 3.05) is 7.11 Å². The van der Waals surface area contributed by atoms with Crippen molar-refractivity contribution in [3.05, 3.63) is 74.8 Å². The fourth-order valence-electron chi connectivity index (χ4n) is 3.79. The zero-order chi connectivity index (χ0) is 19.5. The van der Waals surface area contributed by atoms with Crippen LogP contribution in [0.15, 0.2) is 52.4 Å². The molecule has 0 amide bonds. The van der Waals surface area contributed by atoms with Gasteiger partial charge in [-0.2, -0.15) is 0 Å². The van der Waals surface area contributed by atoms with E-state index in [4.69, 9.17) is 4.74 Å². The highest BCUT2D eigenvalue weighted by molar-refractivity contribution is 5.33. The lowest BCUT2D eigenvalue weighted by Crippen LogP contribution is -2.41. The molecule has 1 saturated carbocycles. The van der Waals surface area contributed by atoms with Gasteiger partial charge in [0.25, 0.3) is 0 Å². The Morgan fingerprint density at radius 2 is 1.86 bits per heavy atom. The number of hydrogen-bond donors (Lipinski definition) is 0. The number of methoxy groups -OCH3 is 1. The van der Waals surface area contributed by atoms with Gasteiger partial charge in [0.1, 0.15) is 11.4 Å². The third kappa shape index (κ3) is 3.62. The normalized spacial score (nSPS) is 14.5. The van der Waals surface area contributed by atoms with Gasteiger partial charge in [0.15, 0.2) is 0 Å². The van der Waals surface area contributed by atoms with Crippen LogP contribution in [0.5, 0.6) is 5.75 Å². The lowest BCUT2D eigenvalue weighted by atomic mass is 10.2. The molecular formula is C20H23N5O3. The van der Waals surface area contributed by atoms with E-state index in [2.05, 4.69) is 10.3 Å². The van der Waals surface area contributed by atoms with Crippen LogP contribution >= 0.6 is 0 Å². The third-order valence-corrected chi connectivity index (χ3v) is 5.25. The molecule has 146 valence electrons. The maximum absolute atomic E-state index is 12.5. The van der Waals surface area contributed by atoms with Crippen molar-refractivity contribution < 1.29 is 4.74 Å². The lowest BCUT2D eigenvalue weighted by molar-refractivity contribution is 0.407. The molecule has 0 radical (unpaired) electrons. The molecule has 1 fully saturated rings. The Morgan fingerprint density at radius 3 is 2.64 bits per heavy atom. The molecule has 0 unspecified atom stereocenters. The molecule has 8 heteroatoms. The molecule has 2 heterocycles. The van der Waals surface area contributed by atoms with Gasteiger partial charge in [-0.3, -0.25) is 9.59 Å². The number of rotatable bonds is 6. The molecule has 2 aromatic heterocycles. The highest BCUT2D eigenvalue weighted by Gasteiger charge is 2.19. The molecule has 0 atom stereocenters. The van der Waals surface area contributed by atoms with Crippen LogP contribution in [0.1, 0.15) is 43.0 Å². The van der Waals surface area contributed by atoms with Gasteiger partial charge in [-0.1, -0.05) is 36.3 Å². The smallest absolute Gasteiger partial charge is 0.316 e. The average Bonchev–Trinajstić information content (AvgIpc) is 3.38. The van der Waals surface area contributed by atoms with Crippen LogP contribution in [-0.2, 0) is 13.1 Å². The van der Waals surface area contributed by atoms with Crippen LogP contribution in [0.4, 0.5) is 0 Å². The van der Waals surface area contributed by atoms with Gasteiger partial charge in [0.05, 0.1) is 26.4 Å². The molecule has 1 aliphatic carbocycles. The van der Waals surface area contributed by atoms with Crippen LogP contribution in [0.3, 0.4) is 0 Å². The Labute approximate surface area is 162 Å². The maximum Gasteiger partial charge on any atom is 0.316 e. The molecule has 8 nitrogen and oxygen atoms in total. The first-order valence-electron chi connectivity index (χ1n) is 9.48. The van der Waals surface area contributed by atoms with Crippen molar-refractivity contribution in [2.24, 2.45) is 0 Å². The lowest BCUT2D eigenvalue weighted by Gasteiger charge is -2.13. The van der Waals surface area contributed by atoms with E-state index < -0.39 is 11.1 Å². The predicted molar refractivity (Wildman–Crippen MR) is 104 cm³/mol. The van der Waals surface area contributed by atoms with Crippen LogP contribution < -0.4 is 15.9 Å². The summed E-state index contributed by atoms with van der Waals surface area (Å²) in [6, 6.07) is 7.86. The molecule has 0 spiro atoms. The highest BCUT2D eigenvalue weighted by Crippen LogP contribution is 2.27. The molecule has 0 bridgehead atoms. The van der Waals surface area contributed by atoms with Crippen molar-refractivity contribution in [1.29, 1.82) is 0 Å². The van der Waals surface area contributed by atoms with Gasteiger partial charge in [0.2, 0.25) is 0 Å². The van der Waals surface area contributed by atoms with E-state index in [0.29, 0.717) is 12.2 Å². The topological polar surface area (TPSA) is 83.9 Å². The molecule has 1 aromatic carbocycles. The Bertz CT molecular complexity index is 1080. The van der Waals surface area contributed by atoms with Crippen molar-refractivity contribution in [2.45, 2.75) is 44.8 Å². The van der Waals surface area contributed by atoms with Crippen LogP contribution in [-0.4, -0.2) is 31.2 Å². The number of benzene rings is 1. The molecule has 1 aliphatic rings. The third-order valence-electron chi connectivity index (χ3n) is 5.25. The predicted octanol–water partition coefficient (Wildman–Crippen LogP) is 1.82. The fourth-order valence-corrected chi connectivity index (χ4v) is 3.79. The molecule has 3 aromatic rings. The Morgan fingerprint density at radius 1 is 1.07 bits per heavy atom. The minimum atomic E-state index is -0.520. The summed E-state index contributed by atoms with van der Waals surface area (Å²) in [7, 11) is 1.63. The second-order valence-electron chi connectivity index (χ2n) is 7.10. The van der Waals surface area contributed by atoms with Gasteiger partial charge in [-0.05, 0) is 18.9 Å². The summed E-state index contributed by atoms with van der Waals surface area (Å²) in [5.41, 5.74) is 0.622. The second kappa shape index (κ2) is 7.84. The number of para-hydroxylation sites is 1. The summed E-state index contributed by atoms with van der Waals surface area (Å²) in [6.07, 6.45) is 9.30. The molecule has 0 saturated heterocycles. The first-order valence-corrected chi connectivity index (χ1v) is 9.48. The number of ether oxygens (including phenoxy) is 1. The minimum absolute atomic E-state index is 0.150. The van der Waals surface area contributed by atoms with Crippen LogP contribution in [0.2, 0.25) is 0 Å². The van der Waals surface area contributed by atoms with E-state index in [-0.39, 0.29) is 12.6 Å². The summed E-state index contributed by atoms with van der Waals surface area (Å²) in [6.45, 7) is 0.723. The summed E-state index contributed by atoms with van der Waals surface area (Å²) < 4.78 is 10.0. The standard InChI is InChI=1S/C20H23N5O3/c1-28-18-9-5-2-6-15(18)12-24-14-16(21-22-24)13-23-10-11-25(20(27)19(23)26)17-7-3-4-8-17/h2,5-6,9-11,14,17H,3-4,7-8,12-13H2,1H3. The summed E-state index contributed by atoms with van der Waals surface area (Å²) in [4.78, 5) is 24.9. The van der Waals surface area contributed by atoms with E-state index in [1.807, 2.05) is 24.3 Å². The summed E-state index contributed by atoms with van der Waals surface area (Å²) in [5, 5.41) is 8.27. The summed E-state index contributed by atoms with van der Waals surface area (Å²) in [5.74, 6) is 0.784. The van der Waals surface area contributed by atoms with Gasteiger partial charge in [-0.15, -0.1) is 5.10 Å². The van der Waals surface area contributed by atoms with Gasteiger partial charge in [0, 0.05) is 24.0 Å². The zero-order valence-electron chi connectivity index (χ0n) is 15.8. The fraction of sp³-hybridized carbons (Fsp3) is 0.400. The quantitative estimate of drug-likeness (QED) is 0.608. The Kier molecular flexibility index (Phi) is 5.10. The van der Waals surface area contributed by atoms with Crippen molar-refractivity contribution >= 4 is 0 Å². The first-order chi connectivity index (χ1) is 13.7. The average molecular weight is 381 g/mol. The van der Waals surface area contributed by atoms with E-state index in [0.717, 1.165) is 37.0 Å². The largest absolute Gasteiger partial charge is 0.496 e. The van der Waals surface area contributed by atoms with Crippen molar-refractivity contribution in [3.8, 4) is 5.75 Å². The Balaban J connectivity index is 1.52. The number of nitrogens with zero attached hydrogens (tertiary/aromatic N) is 5. The van der Waals surface area contributed by atoms with Gasteiger partial charge in [-0.25, -0.2) is 4.68 Å². The molecule has 4 rings (SSSR count). The number of hydrogen-bond acceptors (Lipinski definition) is 5. The van der Waals surface area contributed by atoms with Crippen molar-refractivity contribution in [3.63, 3.8) is 0 Å². The SMILES string of the molecule is COc1ccccc1Cn1cc(Cn2ccn(C3CCCC3)c(=O)c2=O)nn1. The van der Waals surface area contributed by atoms with E-state index in [1.165, 1.54) is 4.57 Å². The van der Waals surface area contributed by atoms with Crippen LogP contribution in [0, 0.1) is 0 Å². The minimum Gasteiger partial charge on any atom is -0.496 e. The zero-order valence-corrected chi connectivity index (χ0v) is 15.8. The van der Waals surface area contributed by atoms with Crippen LogP contribution in [0.25, 0.3) is 0 Å². The number of aromatic nitrogens is 5. The molecule has 0 aliphatic heterocycles. The van der Waals surface area contributed by atoms with Gasteiger partial charge < -0.3 is 13.9 Å². The monoisotopic (exact) mass is 381 g/mol. The molecular weight excluding hydrogens is 358 g/mol. The van der Waals surface area contributed by atoms with E-state index in [9.17, 15) is 9.59 Å². The van der Waals surface area contributed by atoms with Gasteiger partial charge >= 0.3 is 11.1 Å². The first kappa shape index (κ1) is 18.2. The molecule has 28 heavy (non-hydrogen) atoms.